The first-order valence-corrected chi connectivity index (χ1v) is 7.64. The Balaban J connectivity index is 1.87. The Labute approximate surface area is 133 Å². The first kappa shape index (κ1) is 18.0. The number of alkyl halides is 3. The van der Waals surface area contributed by atoms with E-state index in [-0.39, 0.29) is 19.6 Å². The Morgan fingerprint density at radius 2 is 2.00 bits per heavy atom. The molecule has 0 radical (unpaired) electrons. The lowest BCUT2D eigenvalue weighted by Gasteiger charge is -2.31. The number of β-amino-alcohol motifs (C(OH)–C–C–N with tert-alkyl or cyclic N) is 1. The minimum atomic E-state index is -4.64. The van der Waals surface area contributed by atoms with Crippen molar-refractivity contribution in [2.24, 2.45) is 0 Å². The number of benzene rings is 1. The van der Waals surface area contributed by atoms with E-state index in [1.54, 1.807) is 6.07 Å². The minimum Gasteiger partial charge on any atom is -0.491 e. The average molecular weight is 333 g/mol. The molecule has 3 atom stereocenters. The molecule has 1 aliphatic rings. The Morgan fingerprint density at radius 3 is 2.65 bits per heavy atom. The number of nitrogens with zero attached hydrogens (tertiary/aromatic N) is 1. The number of likely N-dealkylation sites (tertiary alicyclic amines) is 1. The van der Waals surface area contributed by atoms with Gasteiger partial charge in [-0.05, 0) is 37.9 Å². The number of aryl methyl sites for hydroxylation is 1. The van der Waals surface area contributed by atoms with Gasteiger partial charge in [-0.1, -0.05) is 18.2 Å². The highest BCUT2D eigenvalue weighted by Crippen LogP contribution is 2.30. The summed E-state index contributed by atoms with van der Waals surface area (Å²) < 4.78 is 43.5. The van der Waals surface area contributed by atoms with Gasteiger partial charge >= 0.3 is 6.18 Å². The van der Waals surface area contributed by atoms with Gasteiger partial charge in [-0.2, -0.15) is 13.2 Å². The average Bonchev–Trinajstić information content (AvgIpc) is 2.92. The third-order valence-electron chi connectivity index (χ3n) is 4.08. The Kier molecular flexibility index (Phi) is 5.89. The van der Waals surface area contributed by atoms with Crippen molar-refractivity contribution in [1.82, 2.24) is 4.90 Å². The molecule has 0 saturated carbocycles. The largest absolute Gasteiger partial charge is 0.491 e. The molecule has 2 rings (SSSR count). The van der Waals surface area contributed by atoms with Gasteiger partial charge in [0.1, 0.15) is 18.5 Å². The highest BCUT2D eigenvalue weighted by molar-refractivity contribution is 5.31. The van der Waals surface area contributed by atoms with Gasteiger partial charge in [-0.25, -0.2) is 0 Å². The van der Waals surface area contributed by atoms with E-state index in [0.29, 0.717) is 18.7 Å². The van der Waals surface area contributed by atoms with E-state index < -0.39 is 24.4 Å². The maximum Gasteiger partial charge on any atom is 0.415 e. The summed E-state index contributed by atoms with van der Waals surface area (Å²) in [7, 11) is 0. The van der Waals surface area contributed by atoms with Gasteiger partial charge in [0.2, 0.25) is 0 Å². The number of rotatable bonds is 6. The summed E-state index contributed by atoms with van der Waals surface area (Å²) in [4.78, 5) is 1.49. The van der Waals surface area contributed by atoms with E-state index in [9.17, 15) is 23.4 Å². The summed E-state index contributed by atoms with van der Waals surface area (Å²) >= 11 is 0. The summed E-state index contributed by atoms with van der Waals surface area (Å²) in [6.45, 7) is 2.34. The van der Waals surface area contributed by atoms with Gasteiger partial charge < -0.3 is 14.9 Å². The monoisotopic (exact) mass is 333 g/mol. The van der Waals surface area contributed by atoms with Crippen LogP contribution in [0.2, 0.25) is 0 Å². The van der Waals surface area contributed by atoms with Gasteiger partial charge in [-0.3, -0.25) is 4.90 Å². The van der Waals surface area contributed by atoms with E-state index >= 15 is 0 Å². The predicted molar refractivity (Wildman–Crippen MR) is 79.3 cm³/mol. The molecule has 23 heavy (non-hydrogen) atoms. The fourth-order valence-electron chi connectivity index (χ4n) is 2.88. The van der Waals surface area contributed by atoms with Crippen LogP contribution in [-0.4, -0.2) is 59.2 Å². The predicted octanol–water partition coefficient (Wildman–Crippen LogP) is 2.12. The standard InChI is InChI=1S/C16H22F3NO3/c1-11-5-2-3-7-14(11)23-10-12(21)9-20-8-4-6-13(20)15(22)16(17,18)19/h2-3,5,7,12-13,15,21-22H,4,6,8-10H2,1H3/t12-,13-,15-/m1/s1. The van der Waals surface area contributed by atoms with Crippen molar-refractivity contribution in [3.8, 4) is 5.75 Å². The van der Waals surface area contributed by atoms with Crippen LogP contribution in [0.3, 0.4) is 0 Å². The zero-order valence-corrected chi connectivity index (χ0v) is 13.0. The number of halogens is 3. The molecule has 130 valence electrons. The van der Waals surface area contributed by atoms with Crippen LogP contribution >= 0.6 is 0 Å². The molecule has 0 unspecified atom stereocenters. The topological polar surface area (TPSA) is 52.9 Å². The second kappa shape index (κ2) is 7.51. The van der Waals surface area contributed by atoms with Crippen LogP contribution < -0.4 is 4.74 Å². The van der Waals surface area contributed by atoms with Crippen LogP contribution in [0.4, 0.5) is 13.2 Å². The highest BCUT2D eigenvalue weighted by Gasteiger charge is 2.47. The quantitative estimate of drug-likeness (QED) is 0.837. The van der Waals surface area contributed by atoms with E-state index in [2.05, 4.69) is 0 Å². The van der Waals surface area contributed by atoms with Crippen LogP contribution in [0.25, 0.3) is 0 Å². The molecule has 1 aliphatic heterocycles. The third-order valence-corrected chi connectivity index (χ3v) is 4.08. The lowest BCUT2D eigenvalue weighted by atomic mass is 10.1. The van der Waals surface area contributed by atoms with E-state index in [4.69, 9.17) is 4.74 Å². The number of aliphatic hydroxyl groups excluding tert-OH is 2. The van der Waals surface area contributed by atoms with Gasteiger partial charge in [0, 0.05) is 12.6 Å². The number of hydrogen-bond acceptors (Lipinski definition) is 4. The first-order chi connectivity index (χ1) is 10.8. The van der Waals surface area contributed by atoms with Crippen molar-refractivity contribution in [3.05, 3.63) is 29.8 Å². The number of para-hydroxylation sites is 1. The maximum atomic E-state index is 12.7. The normalized spacial score (nSPS) is 22.1. The Hall–Kier alpha value is -1.31. The molecular formula is C16H22F3NO3. The first-order valence-electron chi connectivity index (χ1n) is 7.64. The third kappa shape index (κ3) is 4.83. The number of hydrogen-bond donors (Lipinski definition) is 2. The molecule has 4 nitrogen and oxygen atoms in total. The Bertz CT molecular complexity index is 510. The SMILES string of the molecule is Cc1ccccc1OC[C@H](O)CN1CCC[C@@H]1[C@@H](O)C(F)(F)F. The van der Waals surface area contributed by atoms with E-state index in [1.165, 1.54) is 4.90 Å². The van der Waals surface area contributed by atoms with E-state index in [1.807, 2.05) is 25.1 Å². The minimum absolute atomic E-state index is 0.00378. The van der Waals surface area contributed by atoms with Crippen molar-refractivity contribution >= 4 is 0 Å². The fourth-order valence-corrected chi connectivity index (χ4v) is 2.88. The summed E-state index contributed by atoms with van der Waals surface area (Å²) in [5.74, 6) is 0.639. The zero-order chi connectivity index (χ0) is 17.0. The molecule has 0 aliphatic carbocycles. The van der Waals surface area contributed by atoms with Crippen molar-refractivity contribution in [2.45, 2.75) is 44.2 Å². The van der Waals surface area contributed by atoms with Gasteiger partial charge in [0.15, 0.2) is 6.10 Å². The molecule has 1 saturated heterocycles. The molecule has 1 aromatic carbocycles. The molecule has 0 amide bonds. The van der Waals surface area contributed by atoms with Crippen molar-refractivity contribution in [1.29, 1.82) is 0 Å². The van der Waals surface area contributed by atoms with Crippen molar-refractivity contribution in [2.75, 3.05) is 19.7 Å². The van der Waals surface area contributed by atoms with Crippen LogP contribution in [-0.2, 0) is 0 Å². The lowest BCUT2D eigenvalue weighted by Crippen LogP contribution is -2.49. The van der Waals surface area contributed by atoms with Crippen LogP contribution in [0, 0.1) is 6.92 Å². The number of ether oxygens (including phenoxy) is 1. The molecule has 1 fully saturated rings. The molecule has 7 heteroatoms. The van der Waals surface area contributed by atoms with Crippen LogP contribution in [0.5, 0.6) is 5.75 Å². The highest BCUT2D eigenvalue weighted by atomic mass is 19.4. The molecular weight excluding hydrogens is 311 g/mol. The summed E-state index contributed by atoms with van der Waals surface area (Å²) in [5.41, 5.74) is 0.922. The molecule has 0 aromatic heterocycles. The van der Waals surface area contributed by atoms with Crippen molar-refractivity contribution in [3.63, 3.8) is 0 Å². The lowest BCUT2D eigenvalue weighted by molar-refractivity contribution is -0.220. The summed E-state index contributed by atoms with van der Waals surface area (Å²) in [5, 5.41) is 19.5. The van der Waals surface area contributed by atoms with Crippen LogP contribution in [0.15, 0.2) is 24.3 Å². The molecule has 1 heterocycles. The second-order valence-corrected chi connectivity index (χ2v) is 5.92. The second-order valence-electron chi connectivity index (χ2n) is 5.92. The zero-order valence-electron chi connectivity index (χ0n) is 13.0. The van der Waals surface area contributed by atoms with E-state index in [0.717, 1.165) is 5.56 Å². The summed E-state index contributed by atoms with van der Waals surface area (Å²) in [6.07, 6.45) is -7.10. The molecule has 1 aromatic rings. The maximum absolute atomic E-state index is 12.7. The molecule has 2 N–H and O–H groups in total. The smallest absolute Gasteiger partial charge is 0.415 e. The van der Waals surface area contributed by atoms with Crippen molar-refractivity contribution < 1.29 is 28.1 Å². The Morgan fingerprint density at radius 1 is 1.30 bits per heavy atom. The molecule has 0 bridgehead atoms. The van der Waals surface area contributed by atoms with Gasteiger partial charge in [0.25, 0.3) is 0 Å². The molecule has 0 spiro atoms. The van der Waals surface area contributed by atoms with Crippen LogP contribution in [0.1, 0.15) is 18.4 Å². The summed E-state index contributed by atoms with van der Waals surface area (Å²) in [6, 6.07) is 6.33. The fraction of sp³-hybridized carbons (Fsp3) is 0.625. The van der Waals surface area contributed by atoms with Gasteiger partial charge in [-0.15, -0.1) is 0 Å². The number of aliphatic hydroxyl groups is 2. The van der Waals surface area contributed by atoms with Gasteiger partial charge in [0.05, 0.1) is 0 Å².